The van der Waals surface area contributed by atoms with Crippen LogP contribution in [-0.4, -0.2) is 65.0 Å². The van der Waals surface area contributed by atoms with Crippen molar-refractivity contribution in [3.05, 3.63) is 76.0 Å². The highest BCUT2D eigenvalue weighted by Crippen LogP contribution is 2.33. The Labute approximate surface area is 268 Å². The average molecular weight is 647 g/mol. The van der Waals surface area contributed by atoms with Crippen LogP contribution in [0, 0.1) is 24.6 Å². The number of carbonyl (C=O) groups is 1. The van der Waals surface area contributed by atoms with E-state index in [2.05, 4.69) is 37.3 Å². The van der Waals surface area contributed by atoms with E-state index in [0.29, 0.717) is 40.0 Å². The second kappa shape index (κ2) is 14.0. The quantitative estimate of drug-likeness (QED) is 0.133. The molecule has 0 aliphatic carbocycles. The number of thiazole rings is 2. The second-order valence-corrected chi connectivity index (χ2v) is 12.7. The molecule has 0 aliphatic rings. The SMILES string of the molecule is Cc1cc(N(C)c2nc(C(=O)O)c(CCCOc3ccc(C#CC(C)[NH+](C)C)cc3F)s2)nnc1Nc1nc2ccccc2s1. The number of aromatic carboxylic acids is 1. The van der Waals surface area contributed by atoms with Crippen molar-refractivity contribution >= 4 is 60.8 Å². The zero-order valence-corrected chi connectivity index (χ0v) is 27.1. The number of nitrogens with zero attached hydrogens (tertiary/aromatic N) is 5. The number of hydrogen-bond acceptors (Lipinski definition) is 10. The van der Waals surface area contributed by atoms with E-state index in [4.69, 9.17) is 4.74 Å². The van der Waals surface area contributed by atoms with E-state index in [1.165, 1.54) is 33.6 Å². The Morgan fingerprint density at radius 2 is 1.96 bits per heavy atom. The molecule has 0 radical (unpaired) electrons. The number of carboxylic acid groups (broad SMARTS) is 1. The van der Waals surface area contributed by atoms with E-state index in [1.54, 1.807) is 24.1 Å². The summed E-state index contributed by atoms with van der Waals surface area (Å²) in [6, 6.07) is 14.5. The third-order valence-corrected chi connectivity index (χ3v) is 9.19. The molecule has 5 rings (SSSR count). The highest BCUT2D eigenvalue weighted by Gasteiger charge is 2.21. The smallest absolute Gasteiger partial charge is 0.355 e. The second-order valence-electron chi connectivity index (χ2n) is 10.6. The van der Waals surface area contributed by atoms with Gasteiger partial charge in [0.25, 0.3) is 0 Å². The van der Waals surface area contributed by atoms with Gasteiger partial charge in [-0.2, -0.15) is 0 Å². The molecule has 1 atom stereocenters. The van der Waals surface area contributed by atoms with Crippen molar-refractivity contribution in [1.82, 2.24) is 20.2 Å². The third kappa shape index (κ3) is 7.72. The summed E-state index contributed by atoms with van der Waals surface area (Å²) < 4.78 is 21.3. The number of para-hydroxylation sites is 1. The van der Waals surface area contributed by atoms with Gasteiger partial charge >= 0.3 is 5.97 Å². The monoisotopic (exact) mass is 646 g/mol. The normalized spacial score (nSPS) is 11.7. The maximum atomic E-state index is 14.6. The van der Waals surface area contributed by atoms with Gasteiger partial charge in [-0.3, -0.25) is 0 Å². The first kappa shape index (κ1) is 31.8. The Morgan fingerprint density at radius 1 is 1.16 bits per heavy atom. The van der Waals surface area contributed by atoms with Crippen LogP contribution in [0.15, 0.2) is 48.5 Å². The molecule has 1 unspecified atom stereocenters. The van der Waals surface area contributed by atoms with Crippen LogP contribution < -0.4 is 19.9 Å². The van der Waals surface area contributed by atoms with Crippen molar-refractivity contribution in [1.29, 1.82) is 0 Å². The molecule has 0 saturated carbocycles. The number of halogens is 1. The van der Waals surface area contributed by atoms with Gasteiger partial charge in [-0.25, -0.2) is 19.2 Å². The molecule has 5 aromatic rings. The van der Waals surface area contributed by atoms with Gasteiger partial charge in [-0.15, -0.1) is 21.5 Å². The highest BCUT2D eigenvalue weighted by atomic mass is 32.1. The number of nitrogens with one attached hydrogen (secondary N) is 2. The van der Waals surface area contributed by atoms with Gasteiger partial charge in [0.2, 0.25) is 0 Å². The standard InChI is InChI=1S/C32H32FN7O3S2/c1-19-17-27(37-38-29(19)36-31-34-23-9-6-7-10-25(23)44-31)40(5)32-35-28(30(41)42)26(45-32)11-8-16-43-24-15-14-21(18-22(24)33)13-12-20(2)39(3)4/h6-7,9-10,14-15,17-18,20H,8,11,16H2,1-5H3,(H,41,42)(H,34,36,38)/p+1. The third-order valence-electron chi connectivity index (χ3n) is 7.05. The summed E-state index contributed by atoms with van der Waals surface area (Å²) in [6.07, 6.45) is 0.875. The summed E-state index contributed by atoms with van der Waals surface area (Å²) in [5, 5.41) is 22.9. The van der Waals surface area contributed by atoms with E-state index >= 15 is 0 Å². The summed E-state index contributed by atoms with van der Waals surface area (Å²) in [4.78, 5) is 24.4. The van der Waals surface area contributed by atoms with Crippen LogP contribution in [0.5, 0.6) is 5.75 Å². The van der Waals surface area contributed by atoms with Crippen molar-refractivity contribution in [3.63, 3.8) is 0 Å². The molecule has 45 heavy (non-hydrogen) atoms. The predicted molar refractivity (Wildman–Crippen MR) is 176 cm³/mol. The molecule has 0 fully saturated rings. The number of aryl methyl sites for hydroxylation is 2. The number of carboxylic acids is 1. The predicted octanol–water partition coefficient (Wildman–Crippen LogP) is 5.10. The fraction of sp³-hybridized carbons (Fsp3) is 0.281. The van der Waals surface area contributed by atoms with Crippen molar-refractivity contribution < 1.29 is 23.9 Å². The molecular weight excluding hydrogens is 614 g/mol. The van der Waals surface area contributed by atoms with Crippen molar-refractivity contribution in [2.45, 2.75) is 32.7 Å². The molecule has 13 heteroatoms. The number of fused-ring (bicyclic) bond motifs is 1. The fourth-order valence-electron chi connectivity index (χ4n) is 4.15. The van der Waals surface area contributed by atoms with Gasteiger partial charge in [0.1, 0.15) is 6.04 Å². The first-order valence-corrected chi connectivity index (χ1v) is 15.9. The molecule has 232 valence electrons. The minimum atomic E-state index is -1.12. The number of aromatic nitrogens is 4. The van der Waals surface area contributed by atoms with Crippen molar-refractivity contribution in [2.24, 2.45) is 0 Å². The van der Waals surface area contributed by atoms with E-state index < -0.39 is 11.8 Å². The van der Waals surface area contributed by atoms with Crippen LogP contribution in [-0.2, 0) is 6.42 Å². The van der Waals surface area contributed by atoms with E-state index in [9.17, 15) is 14.3 Å². The molecule has 0 spiro atoms. The molecule has 3 aromatic heterocycles. The van der Waals surface area contributed by atoms with E-state index in [-0.39, 0.29) is 24.1 Å². The van der Waals surface area contributed by atoms with Gasteiger partial charge in [0.05, 0.1) is 30.9 Å². The summed E-state index contributed by atoms with van der Waals surface area (Å²) in [7, 11) is 5.79. The van der Waals surface area contributed by atoms with Crippen LogP contribution in [0.4, 0.5) is 26.3 Å². The first-order valence-electron chi connectivity index (χ1n) is 14.3. The Morgan fingerprint density at radius 3 is 2.67 bits per heavy atom. The van der Waals surface area contributed by atoms with Crippen LogP contribution in [0.3, 0.4) is 0 Å². The average Bonchev–Trinajstić information content (AvgIpc) is 3.63. The minimum Gasteiger partial charge on any atom is -0.491 e. The lowest BCUT2D eigenvalue weighted by Crippen LogP contribution is -3.09. The zero-order chi connectivity index (χ0) is 32.1. The van der Waals surface area contributed by atoms with E-state index in [0.717, 1.165) is 20.9 Å². The summed E-state index contributed by atoms with van der Waals surface area (Å²) in [5.74, 6) is 5.72. The molecule has 3 N–H and O–H groups in total. The molecule has 0 saturated heterocycles. The minimum absolute atomic E-state index is 0.0245. The van der Waals surface area contributed by atoms with Gasteiger partial charge in [0.15, 0.2) is 39.2 Å². The Balaban J connectivity index is 1.21. The lowest BCUT2D eigenvalue weighted by atomic mass is 10.2. The van der Waals surface area contributed by atoms with Crippen LogP contribution in [0.25, 0.3) is 10.2 Å². The summed E-state index contributed by atoms with van der Waals surface area (Å²) in [6.45, 7) is 4.12. The van der Waals surface area contributed by atoms with Gasteiger partial charge in [-0.1, -0.05) is 29.4 Å². The van der Waals surface area contributed by atoms with E-state index in [1.807, 2.05) is 58.3 Å². The number of anilines is 4. The summed E-state index contributed by atoms with van der Waals surface area (Å²) in [5.41, 5.74) is 2.31. The Bertz CT molecular complexity index is 1860. The van der Waals surface area contributed by atoms with Crippen LogP contribution >= 0.6 is 22.7 Å². The number of ether oxygens (including phenoxy) is 1. The molecule has 2 aromatic carbocycles. The molecule has 0 bridgehead atoms. The molecular formula is C32H33FN7O3S2+. The van der Waals surface area contributed by atoms with Gasteiger partial charge < -0.3 is 25.0 Å². The zero-order valence-electron chi connectivity index (χ0n) is 25.5. The molecule has 0 amide bonds. The van der Waals surface area contributed by atoms with Crippen LogP contribution in [0.2, 0.25) is 0 Å². The van der Waals surface area contributed by atoms with Crippen LogP contribution in [0.1, 0.15) is 39.8 Å². The number of quaternary nitrogens is 1. The lowest BCUT2D eigenvalue weighted by molar-refractivity contribution is -0.874. The maximum Gasteiger partial charge on any atom is 0.355 e. The molecule has 10 nitrogen and oxygen atoms in total. The topological polar surface area (TPSA) is 118 Å². The number of hydrogen-bond donors (Lipinski definition) is 3. The van der Waals surface area contributed by atoms with Crippen molar-refractivity contribution in [2.75, 3.05) is 38.0 Å². The lowest BCUT2D eigenvalue weighted by Gasteiger charge is -2.15. The Hall–Kier alpha value is -4.64. The number of benzene rings is 2. The van der Waals surface area contributed by atoms with Gasteiger partial charge in [0, 0.05) is 17.5 Å². The fourth-order valence-corrected chi connectivity index (χ4v) is 6.08. The largest absolute Gasteiger partial charge is 0.491 e. The number of rotatable bonds is 11. The highest BCUT2D eigenvalue weighted by molar-refractivity contribution is 7.22. The van der Waals surface area contributed by atoms with Crippen molar-refractivity contribution in [3.8, 4) is 17.6 Å². The Kier molecular flexibility index (Phi) is 9.87. The summed E-state index contributed by atoms with van der Waals surface area (Å²) >= 11 is 2.79. The molecule has 3 heterocycles. The van der Waals surface area contributed by atoms with Gasteiger partial charge in [-0.05, 0) is 74.6 Å². The first-order chi connectivity index (χ1) is 21.6. The molecule has 0 aliphatic heterocycles. The maximum absolute atomic E-state index is 14.6.